The van der Waals surface area contributed by atoms with Crippen LogP contribution in [0.25, 0.3) is 0 Å². The second kappa shape index (κ2) is 6.24. The molecule has 1 atom stereocenters. The third-order valence-corrected chi connectivity index (χ3v) is 5.73. The van der Waals surface area contributed by atoms with Crippen LogP contribution in [0.4, 0.5) is 0 Å². The second-order valence-electron chi connectivity index (χ2n) is 5.80. The van der Waals surface area contributed by atoms with Gasteiger partial charge in [-0.2, -0.15) is 4.31 Å². The largest absolute Gasteiger partial charge is 0.313 e. The molecular formula is C15H24N2O2S. The average Bonchev–Trinajstić information content (AvgIpc) is 2.91. The highest BCUT2D eigenvalue weighted by molar-refractivity contribution is 7.89. The molecule has 0 spiro atoms. The van der Waals surface area contributed by atoms with E-state index in [-0.39, 0.29) is 6.04 Å². The SMILES string of the molecule is CC(C)c1ccc(S(=O)(=O)N(C)CC2CCCN2)cc1. The van der Waals surface area contributed by atoms with Crippen LogP contribution in [0.5, 0.6) is 0 Å². The van der Waals surface area contributed by atoms with Gasteiger partial charge < -0.3 is 5.32 Å². The average molecular weight is 296 g/mol. The Bertz CT molecular complexity index is 531. The molecule has 1 aromatic rings. The van der Waals surface area contributed by atoms with E-state index in [1.54, 1.807) is 19.2 Å². The summed E-state index contributed by atoms with van der Waals surface area (Å²) in [6, 6.07) is 7.51. The Morgan fingerprint density at radius 3 is 2.45 bits per heavy atom. The van der Waals surface area contributed by atoms with Crippen molar-refractivity contribution in [3.63, 3.8) is 0 Å². The van der Waals surface area contributed by atoms with Crippen LogP contribution in [0.2, 0.25) is 0 Å². The smallest absolute Gasteiger partial charge is 0.242 e. The molecule has 0 amide bonds. The van der Waals surface area contributed by atoms with Crippen molar-refractivity contribution in [1.82, 2.24) is 9.62 Å². The van der Waals surface area contributed by atoms with E-state index in [9.17, 15) is 8.42 Å². The fraction of sp³-hybridized carbons (Fsp3) is 0.600. The highest BCUT2D eigenvalue weighted by atomic mass is 32.2. The van der Waals surface area contributed by atoms with Gasteiger partial charge in [-0.05, 0) is 43.0 Å². The van der Waals surface area contributed by atoms with E-state index in [0.717, 1.165) is 24.9 Å². The maximum absolute atomic E-state index is 12.5. The van der Waals surface area contributed by atoms with Crippen molar-refractivity contribution < 1.29 is 8.42 Å². The first kappa shape index (κ1) is 15.5. The number of nitrogens with one attached hydrogen (secondary N) is 1. The molecule has 1 aliphatic rings. The molecule has 1 fully saturated rings. The molecule has 0 saturated carbocycles. The van der Waals surface area contributed by atoms with Crippen LogP contribution in [0, 0.1) is 0 Å². The molecule has 1 aliphatic heterocycles. The fourth-order valence-electron chi connectivity index (χ4n) is 2.53. The Morgan fingerprint density at radius 2 is 1.95 bits per heavy atom. The summed E-state index contributed by atoms with van der Waals surface area (Å²) >= 11 is 0. The van der Waals surface area contributed by atoms with Crippen LogP contribution in [-0.4, -0.2) is 38.9 Å². The number of sulfonamides is 1. The van der Waals surface area contributed by atoms with Gasteiger partial charge >= 0.3 is 0 Å². The lowest BCUT2D eigenvalue weighted by Crippen LogP contribution is -2.38. The van der Waals surface area contributed by atoms with E-state index >= 15 is 0 Å². The van der Waals surface area contributed by atoms with Gasteiger partial charge in [-0.25, -0.2) is 8.42 Å². The predicted octanol–water partition coefficient (Wildman–Crippen LogP) is 2.18. The zero-order valence-electron chi connectivity index (χ0n) is 12.5. The lowest BCUT2D eigenvalue weighted by molar-refractivity contribution is 0.417. The normalized spacial score (nSPS) is 19.9. The first-order chi connectivity index (χ1) is 9.41. The number of likely N-dealkylation sites (N-methyl/N-ethyl adjacent to an activating group) is 1. The Kier molecular flexibility index (Phi) is 4.83. The van der Waals surface area contributed by atoms with Gasteiger partial charge in [0.1, 0.15) is 0 Å². The van der Waals surface area contributed by atoms with Crippen LogP contribution in [0.15, 0.2) is 29.2 Å². The molecule has 0 aliphatic carbocycles. The molecule has 0 radical (unpaired) electrons. The quantitative estimate of drug-likeness (QED) is 0.906. The summed E-state index contributed by atoms with van der Waals surface area (Å²) in [4.78, 5) is 0.377. The third-order valence-electron chi connectivity index (χ3n) is 3.89. The number of benzene rings is 1. The van der Waals surface area contributed by atoms with Gasteiger partial charge in [0, 0.05) is 19.6 Å². The molecule has 4 nitrogen and oxygen atoms in total. The molecule has 1 unspecified atom stereocenters. The summed E-state index contributed by atoms with van der Waals surface area (Å²) in [7, 11) is -1.72. The van der Waals surface area contributed by atoms with E-state index in [4.69, 9.17) is 0 Å². The zero-order chi connectivity index (χ0) is 14.8. The van der Waals surface area contributed by atoms with Crippen molar-refractivity contribution in [2.75, 3.05) is 20.1 Å². The van der Waals surface area contributed by atoms with E-state index in [1.807, 2.05) is 12.1 Å². The maximum Gasteiger partial charge on any atom is 0.242 e. The molecule has 1 heterocycles. The van der Waals surface area contributed by atoms with E-state index in [1.165, 1.54) is 4.31 Å². The van der Waals surface area contributed by atoms with E-state index in [2.05, 4.69) is 19.2 Å². The van der Waals surface area contributed by atoms with Crippen molar-refractivity contribution in [1.29, 1.82) is 0 Å². The summed E-state index contributed by atoms with van der Waals surface area (Å²) in [6.07, 6.45) is 2.17. The summed E-state index contributed by atoms with van der Waals surface area (Å²) in [5.41, 5.74) is 1.16. The summed E-state index contributed by atoms with van der Waals surface area (Å²) in [5, 5.41) is 3.33. The number of hydrogen-bond acceptors (Lipinski definition) is 3. The maximum atomic E-state index is 12.5. The van der Waals surface area contributed by atoms with Crippen molar-refractivity contribution in [2.45, 2.75) is 43.5 Å². The van der Waals surface area contributed by atoms with Gasteiger partial charge in [0.15, 0.2) is 0 Å². The second-order valence-corrected chi connectivity index (χ2v) is 7.85. The predicted molar refractivity (Wildman–Crippen MR) is 81.4 cm³/mol. The van der Waals surface area contributed by atoms with Crippen LogP contribution < -0.4 is 5.32 Å². The molecule has 1 saturated heterocycles. The molecule has 112 valence electrons. The van der Waals surface area contributed by atoms with Crippen LogP contribution in [0.1, 0.15) is 38.2 Å². The first-order valence-corrected chi connectivity index (χ1v) is 8.65. The van der Waals surface area contributed by atoms with Gasteiger partial charge in [0.25, 0.3) is 0 Å². The highest BCUT2D eigenvalue weighted by Gasteiger charge is 2.25. The zero-order valence-corrected chi connectivity index (χ0v) is 13.3. The topological polar surface area (TPSA) is 49.4 Å². The monoisotopic (exact) mass is 296 g/mol. The Balaban J connectivity index is 2.11. The number of nitrogens with zero attached hydrogens (tertiary/aromatic N) is 1. The standard InChI is InChI=1S/C15H24N2O2S/c1-12(2)13-6-8-15(9-7-13)20(18,19)17(3)11-14-5-4-10-16-14/h6-9,12,14,16H,4-5,10-11H2,1-3H3. The molecule has 1 aromatic carbocycles. The van der Waals surface area contributed by atoms with Gasteiger partial charge in [-0.15, -0.1) is 0 Å². The molecule has 0 aromatic heterocycles. The van der Waals surface area contributed by atoms with Crippen LogP contribution >= 0.6 is 0 Å². The Labute approximate surface area is 122 Å². The highest BCUT2D eigenvalue weighted by Crippen LogP contribution is 2.20. The molecule has 20 heavy (non-hydrogen) atoms. The van der Waals surface area contributed by atoms with Gasteiger partial charge in [0.05, 0.1) is 4.90 Å². The fourth-order valence-corrected chi connectivity index (χ4v) is 3.74. The molecule has 1 N–H and O–H groups in total. The summed E-state index contributed by atoms with van der Waals surface area (Å²) in [6.45, 7) is 5.72. The lowest BCUT2D eigenvalue weighted by atomic mass is 10.0. The minimum Gasteiger partial charge on any atom is -0.313 e. The minimum absolute atomic E-state index is 0.282. The lowest BCUT2D eigenvalue weighted by Gasteiger charge is -2.21. The van der Waals surface area contributed by atoms with Gasteiger partial charge in [-0.1, -0.05) is 26.0 Å². The van der Waals surface area contributed by atoms with Crippen molar-refractivity contribution in [2.24, 2.45) is 0 Å². The minimum atomic E-state index is -3.38. The van der Waals surface area contributed by atoms with Crippen molar-refractivity contribution >= 4 is 10.0 Å². The Hall–Kier alpha value is -0.910. The van der Waals surface area contributed by atoms with Crippen LogP contribution in [-0.2, 0) is 10.0 Å². The summed E-state index contributed by atoms with van der Waals surface area (Å²) < 4.78 is 26.5. The first-order valence-electron chi connectivity index (χ1n) is 7.21. The van der Waals surface area contributed by atoms with Gasteiger partial charge in [0.2, 0.25) is 10.0 Å². The van der Waals surface area contributed by atoms with Crippen LogP contribution in [0.3, 0.4) is 0 Å². The summed E-state index contributed by atoms with van der Waals surface area (Å²) in [5.74, 6) is 0.409. The number of rotatable bonds is 5. The van der Waals surface area contributed by atoms with E-state index < -0.39 is 10.0 Å². The molecule has 2 rings (SSSR count). The number of hydrogen-bond donors (Lipinski definition) is 1. The third kappa shape index (κ3) is 3.40. The van der Waals surface area contributed by atoms with Crippen molar-refractivity contribution in [3.8, 4) is 0 Å². The van der Waals surface area contributed by atoms with E-state index in [0.29, 0.717) is 17.4 Å². The molecule has 0 bridgehead atoms. The molecule has 5 heteroatoms. The Morgan fingerprint density at radius 1 is 1.30 bits per heavy atom. The van der Waals surface area contributed by atoms with Crippen molar-refractivity contribution in [3.05, 3.63) is 29.8 Å². The molecular weight excluding hydrogens is 272 g/mol. The van der Waals surface area contributed by atoms with Gasteiger partial charge in [-0.3, -0.25) is 0 Å².